The number of halogens is 3. The zero-order valence-electron chi connectivity index (χ0n) is 24.8. The fourth-order valence-corrected chi connectivity index (χ4v) is 8.06. The summed E-state index contributed by atoms with van der Waals surface area (Å²) in [5, 5.41) is 3.58. The lowest BCUT2D eigenvalue weighted by Crippen LogP contribution is -2.34. The number of hydrogen-bond acceptors (Lipinski definition) is 7. The number of aromatic nitrogens is 2. The molecule has 1 N–H and O–H groups in total. The first-order valence-electron chi connectivity index (χ1n) is 14.6. The summed E-state index contributed by atoms with van der Waals surface area (Å²) in [6, 6.07) is 11.4. The van der Waals surface area contributed by atoms with Crippen LogP contribution in [0.5, 0.6) is 0 Å². The van der Waals surface area contributed by atoms with Gasteiger partial charge in [-0.05, 0) is 86.8 Å². The molecular weight excluding hydrogens is 624 g/mol. The molecular formula is C32H32F3N5O3S2. The van der Waals surface area contributed by atoms with Gasteiger partial charge in [0.05, 0.1) is 26.2 Å². The number of hydrogen-bond donors (Lipinski definition) is 1. The lowest BCUT2D eigenvalue weighted by atomic mass is 9.97. The van der Waals surface area contributed by atoms with E-state index in [1.807, 2.05) is 0 Å². The van der Waals surface area contributed by atoms with Crippen molar-refractivity contribution >= 4 is 39.7 Å². The van der Waals surface area contributed by atoms with Crippen LogP contribution in [0.25, 0.3) is 21.7 Å². The minimum absolute atomic E-state index is 0.122. The van der Waals surface area contributed by atoms with E-state index in [1.54, 1.807) is 30.5 Å². The summed E-state index contributed by atoms with van der Waals surface area (Å²) in [7, 11) is -1.00. The van der Waals surface area contributed by atoms with Crippen molar-refractivity contribution in [3.63, 3.8) is 0 Å². The number of rotatable bonds is 10. The van der Waals surface area contributed by atoms with Gasteiger partial charge in [-0.1, -0.05) is 6.07 Å². The summed E-state index contributed by atoms with van der Waals surface area (Å²) < 4.78 is 65.0. The SMILES string of the molecule is COCN(c1cccc(-c2nc(C3CCN(C4CC4)CC3)sc2-c2ccnc(NC(C)=O)c2)c1F)S(=O)c1cc(F)ccc1F. The lowest BCUT2D eigenvalue weighted by Gasteiger charge is -2.30. The van der Waals surface area contributed by atoms with Gasteiger partial charge in [-0.2, -0.15) is 0 Å². The highest BCUT2D eigenvalue weighted by Crippen LogP contribution is 2.44. The van der Waals surface area contributed by atoms with Gasteiger partial charge in [0, 0.05) is 37.8 Å². The summed E-state index contributed by atoms with van der Waals surface area (Å²) in [6.45, 7) is 3.01. The van der Waals surface area contributed by atoms with Crippen molar-refractivity contribution in [2.24, 2.45) is 0 Å². The zero-order valence-corrected chi connectivity index (χ0v) is 26.4. The number of carbonyl (C=O) groups excluding carboxylic acids is 1. The van der Waals surface area contributed by atoms with Crippen LogP contribution in [0, 0.1) is 17.5 Å². The van der Waals surface area contributed by atoms with E-state index >= 15 is 4.39 Å². The van der Waals surface area contributed by atoms with Crippen LogP contribution in [-0.2, 0) is 20.5 Å². The monoisotopic (exact) mass is 655 g/mol. The quantitative estimate of drug-likeness (QED) is 0.191. The Hall–Kier alpha value is -3.65. The summed E-state index contributed by atoms with van der Waals surface area (Å²) in [6.07, 6.45) is 5.96. The fourth-order valence-electron chi connectivity index (χ4n) is 5.61. The zero-order chi connectivity index (χ0) is 31.7. The summed E-state index contributed by atoms with van der Waals surface area (Å²) >= 11 is 1.48. The van der Waals surface area contributed by atoms with E-state index in [4.69, 9.17) is 9.72 Å². The van der Waals surface area contributed by atoms with Crippen LogP contribution in [0.15, 0.2) is 59.6 Å². The number of pyridine rings is 1. The van der Waals surface area contributed by atoms with Crippen LogP contribution in [-0.4, -0.2) is 58.0 Å². The first-order chi connectivity index (χ1) is 21.7. The maximum Gasteiger partial charge on any atom is 0.222 e. The molecule has 2 aromatic carbocycles. The second kappa shape index (κ2) is 13.4. The van der Waals surface area contributed by atoms with Gasteiger partial charge in [-0.3, -0.25) is 9.10 Å². The van der Waals surface area contributed by atoms with Crippen molar-refractivity contribution in [2.75, 3.05) is 36.6 Å². The van der Waals surface area contributed by atoms with Crippen molar-refractivity contribution in [3.8, 4) is 21.7 Å². The minimum atomic E-state index is -2.34. The molecule has 1 aliphatic heterocycles. The van der Waals surface area contributed by atoms with Crippen LogP contribution >= 0.6 is 11.3 Å². The maximum absolute atomic E-state index is 16.6. The number of carbonyl (C=O) groups is 1. The van der Waals surface area contributed by atoms with Gasteiger partial charge in [0.25, 0.3) is 0 Å². The van der Waals surface area contributed by atoms with E-state index in [9.17, 15) is 17.8 Å². The Balaban J connectivity index is 1.42. The molecule has 3 heterocycles. The molecule has 45 heavy (non-hydrogen) atoms. The molecule has 1 unspecified atom stereocenters. The third kappa shape index (κ3) is 6.81. The van der Waals surface area contributed by atoms with Crippen LogP contribution in [0.4, 0.5) is 24.7 Å². The first kappa shape index (κ1) is 31.3. The van der Waals surface area contributed by atoms with Gasteiger partial charge in [-0.25, -0.2) is 27.3 Å². The number of thiazole rings is 1. The summed E-state index contributed by atoms with van der Waals surface area (Å²) in [5.41, 5.74) is 1.12. The molecule has 1 atom stereocenters. The molecule has 1 saturated heterocycles. The topological polar surface area (TPSA) is 87.7 Å². The number of nitrogens with zero attached hydrogens (tertiary/aromatic N) is 4. The van der Waals surface area contributed by atoms with E-state index in [1.165, 1.54) is 44.3 Å². The maximum atomic E-state index is 16.6. The smallest absolute Gasteiger partial charge is 0.222 e. The summed E-state index contributed by atoms with van der Waals surface area (Å²) in [4.78, 5) is 23.8. The van der Waals surface area contributed by atoms with Gasteiger partial charge >= 0.3 is 0 Å². The Morgan fingerprint density at radius 1 is 1.11 bits per heavy atom. The number of methoxy groups -OCH3 is 1. The van der Waals surface area contributed by atoms with Gasteiger partial charge < -0.3 is 15.0 Å². The van der Waals surface area contributed by atoms with Crippen molar-refractivity contribution < 1.29 is 26.9 Å². The highest BCUT2D eigenvalue weighted by atomic mass is 32.2. The fraction of sp³-hybridized carbons (Fsp3) is 0.344. The molecule has 1 aliphatic carbocycles. The van der Waals surface area contributed by atoms with Crippen molar-refractivity contribution in [2.45, 2.75) is 49.5 Å². The van der Waals surface area contributed by atoms with Gasteiger partial charge in [0.15, 0.2) is 16.8 Å². The third-order valence-electron chi connectivity index (χ3n) is 7.94. The number of amides is 1. The third-order valence-corrected chi connectivity index (χ3v) is 10.6. The van der Waals surface area contributed by atoms with Gasteiger partial charge in [-0.15, -0.1) is 11.3 Å². The molecule has 0 radical (unpaired) electrons. The molecule has 13 heteroatoms. The standard InChI is InChI=1S/C32H32F3N5O3S2/c1-19(41)37-28-16-21(10-13-36-28)31-30(38-32(44-31)20-11-14-39(15-12-20)23-7-8-23)24-4-3-5-26(29(24)35)40(18-43-2)45(42)27-17-22(33)6-9-25(27)34/h3-6,9-10,13,16-17,20,23H,7-8,11-12,14-15,18H2,1-2H3,(H,36,37,41). The molecule has 236 valence electrons. The van der Waals surface area contributed by atoms with Crippen molar-refractivity contribution in [3.05, 3.63) is 77.2 Å². The molecule has 6 rings (SSSR count). The van der Waals surface area contributed by atoms with Crippen LogP contribution in [0.2, 0.25) is 0 Å². The van der Waals surface area contributed by atoms with E-state index in [-0.39, 0.29) is 29.8 Å². The second-order valence-corrected chi connectivity index (χ2v) is 13.6. The van der Waals surface area contributed by atoms with Crippen molar-refractivity contribution in [1.82, 2.24) is 14.9 Å². The Morgan fingerprint density at radius 3 is 2.60 bits per heavy atom. The molecule has 1 saturated carbocycles. The number of likely N-dealkylation sites (tertiary alicyclic amines) is 1. The molecule has 0 bridgehead atoms. The molecule has 1 amide bonds. The normalized spacial score (nSPS) is 16.5. The number of benzene rings is 2. The van der Waals surface area contributed by atoms with Crippen LogP contribution in [0.3, 0.4) is 0 Å². The second-order valence-electron chi connectivity index (χ2n) is 11.1. The average molecular weight is 656 g/mol. The number of nitrogens with one attached hydrogen (secondary N) is 1. The highest BCUT2D eigenvalue weighted by Gasteiger charge is 2.34. The molecule has 8 nitrogen and oxygen atoms in total. The minimum Gasteiger partial charge on any atom is -0.363 e. The van der Waals surface area contributed by atoms with E-state index in [0.717, 1.165) is 53.4 Å². The Bertz CT molecular complexity index is 1740. The molecule has 0 spiro atoms. The Kier molecular flexibility index (Phi) is 9.31. The van der Waals surface area contributed by atoms with Crippen LogP contribution in [0.1, 0.15) is 43.5 Å². The average Bonchev–Trinajstić information content (AvgIpc) is 3.79. The largest absolute Gasteiger partial charge is 0.363 e. The van der Waals surface area contributed by atoms with E-state index < -0.39 is 33.3 Å². The van der Waals surface area contributed by atoms with Gasteiger partial charge in [0.1, 0.15) is 24.2 Å². The number of ether oxygens (including phenoxy) is 1. The van der Waals surface area contributed by atoms with Crippen LogP contribution < -0.4 is 9.62 Å². The lowest BCUT2D eigenvalue weighted by molar-refractivity contribution is -0.114. The molecule has 4 aromatic rings. The van der Waals surface area contributed by atoms with Crippen molar-refractivity contribution in [1.29, 1.82) is 0 Å². The first-order valence-corrected chi connectivity index (χ1v) is 16.6. The summed E-state index contributed by atoms with van der Waals surface area (Å²) in [5.74, 6) is -2.12. The molecule has 2 fully saturated rings. The Morgan fingerprint density at radius 2 is 1.89 bits per heavy atom. The molecule has 2 aliphatic rings. The van der Waals surface area contributed by atoms with E-state index in [2.05, 4.69) is 15.2 Å². The predicted octanol–water partition coefficient (Wildman–Crippen LogP) is 6.72. The van der Waals surface area contributed by atoms with Gasteiger partial charge in [0.2, 0.25) is 5.91 Å². The van der Waals surface area contributed by atoms with E-state index in [0.29, 0.717) is 28.0 Å². The Labute approximate surface area is 265 Å². The predicted molar refractivity (Wildman–Crippen MR) is 169 cm³/mol. The number of piperidine rings is 1. The molecule has 2 aromatic heterocycles. The number of anilines is 2. The highest BCUT2D eigenvalue weighted by molar-refractivity contribution is 7.86.